The number of nitrogens with two attached hydrogens (primary N) is 1. The van der Waals surface area contributed by atoms with Crippen LogP contribution in [0.15, 0.2) is 12.4 Å². The van der Waals surface area contributed by atoms with Crippen LogP contribution < -0.4 is 5.73 Å². The van der Waals surface area contributed by atoms with E-state index in [0.717, 1.165) is 15.5 Å². The van der Waals surface area contributed by atoms with Crippen molar-refractivity contribution >= 4 is 22.3 Å². The Labute approximate surface area is 90.2 Å². The molecule has 5 nitrogen and oxygen atoms in total. The standard InChI is InChI=1S/C9H11N3O2S/c1-5-7(6(4-10)8(13)14)12-3-2-11-9(12)15-5/h2-3,6H,4,10H2,1H3,(H,13,14). The molecular weight excluding hydrogens is 214 g/mol. The summed E-state index contributed by atoms with van der Waals surface area (Å²) in [5, 5.41) is 9.06. The minimum atomic E-state index is -0.894. The molecule has 2 aromatic heterocycles. The third-order valence-electron chi connectivity index (χ3n) is 2.34. The van der Waals surface area contributed by atoms with Crippen LogP contribution in [-0.2, 0) is 4.79 Å². The lowest BCUT2D eigenvalue weighted by atomic mass is 10.1. The van der Waals surface area contributed by atoms with Gasteiger partial charge in [0.15, 0.2) is 4.96 Å². The van der Waals surface area contributed by atoms with E-state index in [2.05, 4.69) is 4.98 Å². The van der Waals surface area contributed by atoms with Crippen molar-refractivity contribution in [3.8, 4) is 0 Å². The van der Waals surface area contributed by atoms with Gasteiger partial charge in [0.05, 0.1) is 5.69 Å². The van der Waals surface area contributed by atoms with Gasteiger partial charge in [0, 0.05) is 23.8 Å². The molecule has 0 aliphatic heterocycles. The highest BCUT2D eigenvalue weighted by molar-refractivity contribution is 7.17. The number of nitrogens with zero attached hydrogens (tertiary/aromatic N) is 2. The fourth-order valence-electron chi connectivity index (χ4n) is 1.65. The number of hydrogen-bond donors (Lipinski definition) is 2. The maximum Gasteiger partial charge on any atom is 0.313 e. The molecule has 0 aliphatic rings. The van der Waals surface area contributed by atoms with Crippen LogP contribution >= 0.6 is 11.3 Å². The van der Waals surface area contributed by atoms with Gasteiger partial charge in [-0.15, -0.1) is 11.3 Å². The second-order valence-electron chi connectivity index (χ2n) is 3.25. The first-order valence-electron chi connectivity index (χ1n) is 4.50. The number of carbonyl (C=O) groups is 1. The lowest BCUT2D eigenvalue weighted by molar-refractivity contribution is -0.138. The molecule has 2 heterocycles. The van der Waals surface area contributed by atoms with E-state index in [0.29, 0.717) is 0 Å². The normalized spacial score (nSPS) is 13.2. The molecule has 0 saturated carbocycles. The molecule has 0 aliphatic carbocycles. The molecule has 80 valence electrons. The molecule has 1 atom stereocenters. The summed E-state index contributed by atoms with van der Waals surface area (Å²) < 4.78 is 1.80. The number of hydrogen-bond acceptors (Lipinski definition) is 4. The summed E-state index contributed by atoms with van der Waals surface area (Å²) in [5.41, 5.74) is 6.22. The summed E-state index contributed by atoms with van der Waals surface area (Å²) in [7, 11) is 0. The van der Waals surface area contributed by atoms with Crippen molar-refractivity contribution in [1.82, 2.24) is 9.38 Å². The Morgan fingerprint density at radius 2 is 2.53 bits per heavy atom. The van der Waals surface area contributed by atoms with E-state index in [1.54, 1.807) is 16.8 Å². The Morgan fingerprint density at radius 3 is 3.13 bits per heavy atom. The number of imidazole rings is 1. The predicted octanol–water partition coefficient (Wildman–Crippen LogP) is 0.831. The van der Waals surface area contributed by atoms with Crippen LogP contribution in [0.2, 0.25) is 0 Å². The highest BCUT2D eigenvalue weighted by Crippen LogP contribution is 2.27. The lowest BCUT2D eigenvalue weighted by Gasteiger charge is -2.09. The van der Waals surface area contributed by atoms with Gasteiger partial charge in [-0.05, 0) is 6.92 Å². The van der Waals surface area contributed by atoms with E-state index in [-0.39, 0.29) is 6.54 Å². The van der Waals surface area contributed by atoms with Gasteiger partial charge in [-0.3, -0.25) is 9.20 Å². The minimum Gasteiger partial charge on any atom is -0.481 e. The average molecular weight is 225 g/mol. The molecule has 0 aromatic carbocycles. The molecule has 0 fully saturated rings. The fourth-order valence-corrected chi connectivity index (χ4v) is 2.64. The Bertz CT molecular complexity index is 502. The van der Waals surface area contributed by atoms with Gasteiger partial charge in [0.1, 0.15) is 5.92 Å². The summed E-state index contributed by atoms with van der Waals surface area (Å²) in [5.74, 6) is -1.55. The summed E-state index contributed by atoms with van der Waals surface area (Å²) in [6.07, 6.45) is 3.42. The monoisotopic (exact) mass is 225 g/mol. The van der Waals surface area contributed by atoms with Gasteiger partial charge in [-0.1, -0.05) is 0 Å². The number of carboxylic acid groups (broad SMARTS) is 1. The van der Waals surface area contributed by atoms with Crippen molar-refractivity contribution in [2.24, 2.45) is 5.73 Å². The second kappa shape index (κ2) is 3.63. The topological polar surface area (TPSA) is 80.6 Å². The predicted molar refractivity (Wildman–Crippen MR) is 57.2 cm³/mol. The Morgan fingerprint density at radius 1 is 1.80 bits per heavy atom. The molecular formula is C9H11N3O2S. The van der Waals surface area contributed by atoms with Crippen LogP contribution in [0.1, 0.15) is 16.5 Å². The third kappa shape index (κ3) is 1.51. The summed E-state index contributed by atoms with van der Waals surface area (Å²) >= 11 is 1.48. The first kappa shape index (κ1) is 10.1. The summed E-state index contributed by atoms with van der Waals surface area (Å²) in [6.45, 7) is 1.99. The number of fused-ring (bicyclic) bond motifs is 1. The third-order valence-corrected chi connectivity index (χ3v) is 3.34. The van der Waals surface area contributed by atoms with Crippen LogP contribution in [0.5, 0.6) is 0 Å². The molecule has 3 N–H and O–H groups in total. The van der Waals surface area contributed by atoms with E-state index in [9.17, 15) is 4.79 Å². The zero-order chi connectivity index (χ0) is 11.0. The average Bonchev–Trinajstić information content (AvgIpc) is 2.69. The van der Waals surface area contributed by atoms with Gasteiger partial charge in [-0.25, -0.2) is 4.98 Å². The first-order valence-corrected chi connectivity index (χ1v) is 5.32. The second-order valence-corrected chi connectivity index (χ2v) is 4.43. The molecule has 0 bridgehead atoms. The van der Waals surface area contributed by atoms with Crippen molar-refractivity contribution in [3.05, 3.63) is 23.0 Å². The van der Waals surface area contributed by atoms with Gasteiger partial charge < -0.3 is 10.8 Å². The van der Waals surface area contributed by atoms with E-state index in [4.69, 9.17) is 10.8 Å². The number of aliphatic carboxylic acids is 1. The fraction of sp³-hybridized carbons (Fsp3) is 0.333. The Balaban J connectivity index is 2.61. The molecule has 0 amide bonds. The van der Waals surface area contributed by atoms with Crippen molar-refractivity contribution in [3.63, 3.8) is 0 Å². The van der Waals surface area contributed by atoms with Crippen molar-refractivity contribution < 1.29 is 9.90 Å². The lowest BCUT2D eigenvalue weighted by Crippen LogP contribution is -2.23. The van der Waals surface area contributed by atoms with Gasteiger partial charge >= 0.3 is 5.97 Å². The van der Waals surface area contributed by atoms with Crippen LogP contribution in [-0.4, -0.2) is 27.0 Å². The smallest absolute Gasteiger partial charge is 0.313 e. The minimum absolute atomic E-state index is 0.0974. The molecule has 6 heteroatoms. The van der Waals surface area contributed by atoms with Crippen molar-refractivity contribution in [2.45, 2.75) is 12.8 Å². The van der Waals surface area contributed by atoms with Crippen molar-refractivity contribution in [1.29, 1.82) is 0 Å². The summed E-state index contributed by atoms with van der Waals surface area (Å²) in [6, 6.07) is 0. The maximum atomic E-state index is 11.0. The molecule has 1 unspecified atom stereocenters. The maximum absolute atomic E-state index is 11.0. The van der Waals surface area contributed by atoms with Crippen molar-refractivity contribution in [2.75, 3.05) is 6.54 Å². The van der Waals surface area contributed by atoms with Gasteiger partial charge in [0.25, 0.3) is 0 Å². The highest BCUT2D eigenvalue weighted by Gasteiger charge is 2.24. The first-order chi connectivity index (χ1) is 7.15. The van der Waals surface area contributed by atoms with E-state index >= 15 is 0 Å². The molecule has 2 rings (SSSR count). The summed E-state index contributed by atoms with van der Waals surface area (Å²) in [4.78, 5) is 16.9. The zero-order valence-corrected chi connectivity index (χ0v) is 8.99. The van der Waals surface area contributed by atoms with Gasteiger partial charge in [-0.2, -0.15) is 0 Å². The van der Waals surface area contributed by atoms with Crippen LogP contribution in [0, 0.1) is 6.92 Å². The molecule has 0 saturated heterocycles. The molecule has 0 spiro atoms. The van der Waals surface area contributed by atoms with E-state index in [1.807, 2.05) is 6.92 Å². The van der Waals surface area contributed by atoms with E-state index < -0.39 is 11.9 Å². The zero-order valence-electron chi connectivity index (χ0n) is 8.17. The number of rotatable bonds is 3. The number of thiazole rings is 1. The Hall–Kier alpha value is -1.40. The van der Waals surface area contributed by atoms with Crippen LogP contribution in [0.3, 0.4) is 0 Å². The Kier molecular flexibility index (Phi) is 2.45. The number of aryl methyl sites for hydroxylation is 1. The van der Waals surface area contributed by atoms with Gasteiger partial charge in [0.2, 0.25) is 0 Å². The number of aromatic nitrogens is 2. The largest absolute Gasteiger partial charge is 0.481 e. The SMILES string of the molecule is Cc1sc2nccn2c1C(CN)C(=O)O. The van der Waals surface area contributed by atoms with Crippen LogP contribution in [0.4, 0.5) is 0 Å². The quantitative estimate of drug-likeness (QED) is 0.810. The molecule has 15 heavy (non-hydrogen) atoms. The molecule has 0 radical (unpaired) electrons. The number of carboxylic acids is 1. The highest BCUT2D eigenvalue weighted by atomic mass is 32.1. The van der Waals surface area contributed by atoms with Crippen LogP contribution in [0.25, 0.3) is 4.96 Å². The van der Waals surface area contributed by atoms with E-state index in [1.165, 1.54) is 11.3 Å². The molecule has 2 aromatic rings.